The average molecular weight is 380 g/mol. The molecule has 6 heteroatoms. The number of carbonyl (C=O) groups excluding carboxylic acids is 1. The van der Waals surface area contributed by atoms with Crippen LogP contribution in [0.4, 0.5) is 0 Å². The topological polar surface area (TPSA) is 72.7 Å². The van der Waals surface area contributed by atoms with E-state index in [0.29, 0.717) is 24.2 Å². The molecule has 28 heavy (non-hydrogen) atoms. The van der Waals surface area contributed by atoms with Crippen LogP contribution in [0.3, 0.4) is 0 Å². The maximum Gasteiger partial charge on any atom is 0.226 e. The van der Waals surface area contributed by atoms with Gasteiger partial charge in [0.1, 0.15) is 0 Å². The van der Waals surface area contributed by atoms with Gasteiger partial charge in [-0.15, -0.1) is 10.2 Å². The summed E-state index contributed by atoms with van der Waals surface area (Å²) in [6, 6.07) is 8.57. The lowest BCUT2D eigenvalue weighted by Gasteiger charge is -2.60. The number of aryl methyl sites for hydroxylation is 2. The van der Waals surface area contributed by atoms with Gasteiger partial charge in [0.05, 0.1) is 11.0 Å². The number of aromatic nitrogens is 4. The smallest absolute Gasteiger partial charge is 0.226 e. The van der Waals surface area contributed by atoms with E-state index in [4.69, 9.17) is 0 Å². The van der Waals surface area contributed by atoms with Gasteiger partial charge in [-0.2, -0.15) is 4.80 Å². The number of tetrazole rings is 1. The Hall–Kier alpha value is -2.24. The van der Waals surface area contributed by atoms with Gasteiger partial charge in [-0.3, -0.25) is 4.79 Å². The lowest BCUT2D eigenvalue weighted by molar-refractivity contribution is -0.157. The average Bonchev–Trinajstić information content (AvgIpc) is 3.09. The molecule has 4 aliphatic rings. The summed E-state index contributed by atoms with van der Waals surface area (Å²) in [7, 11) is 0. The molecule has 4 fully saturated rings. The maximum absolute atomic E-state index is 13.3. The molecule has 1 N–H and O–H groups in total. The molecule has 6 rings (SSSR count). The molecule has 0 radical (unpaired) electrons. The number of benzene rings is 1. The molecule has 0 aliphatic heterocycles. The lowest BCUT2D eigenvalue weighted by atomic mass is 9.46. The Morgan fingerprint density at radius 3 is 2.50 bits per heavy atom. The number of hydrogen-bond donors (Lipinski definition) is 1. The normalized spacial score (nSPS) is 33.2. The van der Waals surface area contributed by atoms with E-state index in [1.807, 2.05) is 11.7 Å². The van der Waals surface area contributed by atoms with Crippen LogP contribution in [0, 0.1) is 31.1 Å². The van der Waals surface area contributed by atoms with Crippen molar-refractivity contribution in [1.29, 1.82) is 0 Å². The third-order valence-corrected chi connectivity index (χ3v) is 7.27. The van der Waals surface area contributed by atoms with E-state index < -0.39 is 0 Å². The number of rotatable bonds is 5. The predicted octanol–water partition coefficient (Wildman–Crippen LogP) is 2.94. The highest BCUT2D eigenvalue weighted by atomic mass is 16.2. The molecule has 1 heterocycles. The summed E-state index contributed by atoms with van der Waals surface area (Å²) in [6.45, 7) is 4.68. The highest BCUT2D eigenvalue weighted by Crippen LogP contribution is 2.63. The highest BCUT2D eigenvalue weighted by molar-refractivity contribution is 5.83. The first-order valence-corrected chi connectivity index (χ1v) is 10.6. The molecule has 6 nitrogen and oxygen atoms in total. The summed E-state index contributed by atoms with van der Waals surface area (Å²) in [5, 5.41) is 16.3. The monoisotopic (exact) mass is 379 g/mol. The minimum atomic E-state index is -0.251. The molecule has 4 atom stereocenters. The van der Waals surface area contributed by atoms with Crippen molar-refractivity contribution in [3.05, 3.63) is 41.2 Å². The molecule has 2 aromatic rings. The zero-order chi connectivity index (χ0) is 19.4. The van der Waals surface area contributed by atoms with Gasteiger partial charge in [0, 0.05) is 6.54 Å². The minimum Gasteiger partial charge on any atom is -0.355 e. The standard InChI is InChI=1S/C22H29N5O/c1-15-3-5-17(6-4-15)7-8-23-20(28)21-10-18-9-19(11-21)13-22(12-18,14-21)27-25-16(2)24-26-27/h3-6,18-19H,7-14H2,1-2H3,(H,23,28)/t18-,19+,21?,22?. The van der Waals surface area contributed by atoms with Crippen LogP contribution in [0.25, 0.3) is 0 Å². The maximum atomic E-state index is 13.3. The second-order valence-electron chi connectivity index (χ2n) is 9.58. The summed E-state index contributed by atoms with van der Waals surface area (Å²) in [5.74, 6) is 2.17. The highest BCUT2D eigenvalue weighted by Gasteiger charge is 2.62. The number of hydrogen-bond acceptors (Lipinski definition) is 4. The van der Waals surface area contributed by atoms with E-state index in [1.54, 1.807) is 0 Å². The molecular formula is C22H29N5O. The van der Waals surface area contributed by atoms with Crippen molar-refractivity contribution in [1.82, 2.24) is 25.5 Å². The van der Waals surface area contributed by atoms with Gasteiger partial charge in [0.25, 0.3) is 0 Å². The Morgan fingerprint density at radius 1 is 1.14 bits per heavy atom. The molecule has 0 spiro atoms. The fourth-order valence-corrected chi connectivity index (χ4v) is 6.46. The molecule has 1 aromatic carbocycles. The zero-order valence-corrected chi connectivity index (χ0v) is 16.8. The molecular weight excluding hydrogens is 350 g/mol. The van der Waals surface area contributed by atoms with Crippen LogP contribution in [0.15, 0.2) is 24.3 Å². The summed E-state index contributed by atoms with van der Waals surface area (Å²) >= 11 is 0. The van der Waals surface area contributed by atoms with Gasteiger partial charge in [-0.1, -0.05) is 29.8 Å². The molecule has 1 aromatic heterocycles. The number of nitrogens with zero attached hydrogens (tertiary/aromatic N) is 4. The van der Waals surface area contributed by atoms with Crippen LogP contribution in [-0.4, -0.2) is 32.7 Å². The fourth-order valence-electron chi connectivity index (χ4n) is 6.46. The largest absolute Gasteiger partial charge is 0.355 e. The Bertz CT molecular complexity index is 873. The van der Waals surface area contributed by atoms with E-state index >= 15 is 0 Å². The molecule has 4 bridgehead atoms. The van der Waals surface area contributed by atoms with Crippen LogP contribution >= 0.6 is 0 Å². The van der Waals surface area contributed by atoms with Crippen molar-refractivity contribution < 1.29 is 4.79 Å². The third kappa shape index (κ3) is 2.93. The molecule has 148 valence electrons. The van der Waals surface area contributed by atoms with Gasteiger partial charge >= 0.3 is 0 Å². The van der Waals surface area contributed by atoms with Crippen LogP contribution in [0.5, 0.6) is 0 Å². The van der Waals surface area contributed by atoms with Crippen molar-refractivity contribution >= 4 is 5.91 Å². The first-order valence-electron chi connectivity index (χ1n) is 10.6. The number of amides is 1. The quantitative estimate of drug-likeness (QED) is 0.867. The van der Waals surface area contributed by atoms with Crippen LogP contribution in [-0.2, 0) is 16.8 Å². The summed E-state index contributed by atoms with van der Waals surface area (Å²) in [5.41, 5.74) is 2.18. The summed E-state index contributed by atoms with van der Waals surface area (Å²) in [6.07, 6.45) is 7.23. The Morgan fingerprint density at radius 2 is 1.86 bits per heavy atom. The molecule has 4 aliphatic carbocycles. The zero-order valence-electron chi connectivity index (χ0n) is 16.8. The van der Waals surface area contributed by atoms with E-state index in [-0.39, 0.29) is 16.9 Å². The van der Waals surface area contributed by atoms with Gasteiger partial charge < -0.3 is 5.32 Å². The van der Waals surface area contributed by atoms with Gasteiger partial charge in [-0.25, -0.2) is 0 Å². The lowest BCUT2D eigenvalue weighted by Crippen LogP contribution is -2.61. The van der Waals surface area contributed by atoms with Crippen molar-refractivity contribution in [2.45, 2.75) is 64.3 Å². The van der Waals surface area contributed by atoms with E-state index in [2.05, 4.69) is 51.9 Å². The Kier molecular flexibility index (Phi) is 4.07. The fraction of sp³-hybridized carbons (Fsp3) is 0.636. The second-order valence-corrected chi connectivity index (χ2v) is 9.58. The van der Waals surface area contributed by atoms with Crippen molar-refractivity contribution in [3.8, 4) is 0 Å². The summed E-state index contributed by atoms with van der Waals surface area (Å²) < 4.78 is 0. The number of nitrogens with one attached hydrogen (secondary N) is 1. The Balaban J connectivity index is 1.31. The first kappa shape index (κ1) is 17.8. The first-order chi connectivity index (χ1) is 13.5. The second kappa shape index (κ2) is 6.39. The van der Waals surface area contributed by atoms with Crippen LogP contribution < -0.4 is 5.32 Å². The van der Waals surface area contributed by atoms with Crippen LogP contribution in [0.2, 0.25) is 0 Å². The van der Waals surface area contributed by atoms with E-state index in [9.17, 15) is 4.79 Å². The van der Waals surface area contributed by atoms with Gasteiger partial charge in [-0.05, 0) is 81.4 Å². The summed E-state index contributed by atoms with van der Waals surface area (Å²) in [4.78, 5) is 15.2. The van der Waals surface area contributed by atoms with Crippen LogP contribution in [0.1, 0.15) is 55.5 Å². The van der Waals surface area contributed by atoms with Gasteiger partial charge in [0.2, 0.25) is 5.91 Å². The Labute approximate surface area is 166 Å². The van der Waals surface area contributed by atoms with Gasteiger partial charge in [0.15, 0.2) is 5.82 Å². The molecule has 1 amide bonds. The predicted molar refractivity (Wildman–Crippen MR) is 106 cm³/mol. The number of carbonyl (C=O) groups is 1. The molecule has 2 unspecified atom stereocenters. The van der Waals surface area contributed by atoms with Crippen molar-refractivity contribution in [2.24, 2.45) is 17.3 Å². The SMILES string of the molecule is Cc1ccc(CCNC(=O)C23C[C@H]4C[C@@H](C2)CC(n2nnc(C)n2)(C4)C3)cc1. The van der Waals surface area contributed by atoms with Crippen molar-refractivity contribution in [2.75, 3.05) is 6.54 Å². The molecule has 0 saturated heterocycles. The van der Waals surface area contributed by atoms with E-state index in [1.165, 1.54) is 17.5 Å². The minimum absolute atomic E-state index is 0.111. The molecule has 4 saturated carbocycles. The third-order valence-electron chi connectivity index (χ3n) is 7.27. The van der Waals surface area contributed by atoms with Crippen molar-refractivity contribution in [3.63, 3.8) is 0 Å². The van der Waals surface area contributed by atoms with E-state index in [0.717, 1.165) is 38.5 Å².